The van der Waals surface area contributed by atoms with Crippen LogP contribution in [-0.4, -0.2) is 22.4 Å². The van der Waals surface area contributed by atoms with Crippen LogP contribution < -0.4 is 0 Å². The van der Waals surface area contributed by atoms with Gasteiger partial charge in [-0.15, -0.1) is 0 Å². The fourth-order valence-electron chi connectivity index (χ4n) is 1.73. The third-order valence-electron chi connectivity index (χ3n) is 2.64. The Bertz CT molecular complexity index is 532. The molecule has 1 heterocycles. The van der Waals surface area contributed by atoms with E-state index in [1.807, 2.05) is 41.9 Å². The van der Waals surface area contributed by atoms with Crippen LogP contribution in [0.15, 0.2) is 36.4 Å². The Balaban J connectivity index is 2.17. The van der Waals surface area contributed by atoms with Gasteiger partial charge in [-0.25, -0.2) is 4.79 Å². The van der Waals surface area contributed by atoms with E-state index in [9.17, 15) is 4.79 Å². The number of carbonyl (C=O) groups is 1. The average molecular weight is 244 g/mol. The maximum atomic E-state index is 11.6. The molecule has 1 aromatic heterocycles. The molecule has 2 rings (SSSR count). The van der Waals surface area contributed by atoms with Crippen molar-refractivity contribution >= 4 is 5.97 Å². The van der Waals surface area contributed by atoms with E-state index in [1.165, 1.54) is 0 Å². The molecule has 0 spiro atoms. The van der Waals surface area contributed by atoms with Crippen molar-refractivity contribution in [3.63, 3.8) is 0 Å². The van der Waals surface area contributed by atoms with E-state index in [0.717, 1.165) is 11.3 Å². The summed E-state index contributed by atoms with van der Waals surface area (Å²) in [6, 6.07) is 11.8. The number of ether oxygens (including phenoxy) is 1. The molecule has 0 radical (unpaired) electrons. The summed E-state index contributed by atoms with van der Waals surface area (Å²) in [6.07, 6.45) is 0. The highest BCUT2D eigenvalue weighted by atomic mass is 16.5. The molecule has 0 aliphatic rings. The second-order valence-corrected chi connectivity index (χ2v) is 4.03. The highest BCUT2D eigenvalue weighted by Gasteiger charge is 2.13. The first-order valence-electron chi connectivity index (χ1n) is 5.96. The monoisotopic (exact) mass is 244 g/mol. The molecule has 0 N–H and O–H groups in total. The SMILES string of the molecule is CCOC(=O)c1cc(C)n(Cc2ccccc2)n1. The number of carbonyl (C=O) groups excluding carboxylic acids is 1. The molecular weight excluding hydrogens is 228 g/mol. The van der Waals surface area contributed by atoms with Gasteiger partial charge in [0.2, 0.25) is 0 Å². The Labute approximate surface area is 106 Å². The molecule has 0 amide bonds. The first-order valence-corrected chi connectivity index (χ1v) is 5.96. The van der Waals surface area contributed by atoms with Gasteiger partial charge in [0.05, 0.1) is 13.2 Å². The van der Waals surface area contributed by atoms with Crippen molar-refractivity contribution in [3.05, 3.63) is 53.3 Å². The number of hydrogen-bond donors (Lipinski definition) is 0. The summed E-state index contributed by atoms with van der Waals surface area (Å²) in [5.74, 6) is -0.368. The molecule has 0 atom stereocenters. The highest BCUT2D eigenvalue weighted by Crippen LogP contribution is 2.08. The van der Waals surface area contributed by atoms with E-state index >= 15 is 0 Å². The predicted molar refractivity (Wildman–Crippen MR) is 68.5 cm³/mol. The molecule has 0 aliphatic heterocycles. The number of aromatic nitrogens is 2. The summed E-state index contributed by atoms with van der Waals surface area (Å²) < 4.78 is 6.74. The van der Waals surface area contributed by atoms with Crippen molar-refractivity contribution in [2.24, 2.45) is 0 Å². The van der Waals surface area contributed by atoms with Gasteiger partial charge in [-0.1, -0.05) is 30.3 Å². The van der Waals surface area contributed by atoms with Crippen molar-refractivity contribution in [3.8, 4) is 0 Å². The minimum absolute atomic E-state index is 0.365. The zero-order chi connectivity index (χ0) is 13.0. The van der Waals surface area contributed by atoms with Gasteiger partial charge >= 0.3 is 5.97 Å². The molecular formula is C14H16N2O2. The Morgan fingerprint density at radius 3 is 2.72 bits per heavy atom. The topological polar surface area (TPSA) is 44.1 Å². The van der Waals surface area contributed by atoms with E-state index in [0.29, 0.717) is 18.8 Å². The molecule has 0 saturated heterocycles. The van der Waals surface area contributed by atoms with Crippen LogP contribution in [0.4, 0.5) is 0 Å². The van der Waals surface area contributed by atoms with Crippen molar-refractivity contribution in [2.45, 2.75) is 20.4 Å². The van der Waals surface area contributed by atoms with Crippen LogP contribution in [-0.2, 0) is 11.3 Å². The van der Waals surface area contributed by atoms with Gasteiger partial charge in [-0.3, -0.25) is 4.68 Å². The second kappa shape index (κ2) is 5.49. The first kappa shape index (κ1) is 12.4. The van der Waals surface area contributed by atoms with Gasteiger partial charge in [0, 0.05) is 5.69 Å². The number of rotatable bonds is 4. The highest BCUT2D eigenvalue weighted by molar-refractivity contribution is 5.87. The average Bonchev–Trinajstić information content (AvgIpc) is 2.73. The Morgan fingerprint density at radius 1 is 1.33 bits per heavy atom. The standard InChI is InChI=1S/C14H16N2O2/c1-3-18-14(17)13-9-11(2)16(15-13)10-12-7-5-4-6-8-12/h4-9H,3,10H2,1-2H3. The zero-order valence-corrected chi connectivity index (χ0v) is 10.6. The lowest BCUT2D eigenvalue weighted by Crippen LogP contribution is -2.08. The fourth-order valence-corrected chi connectivity index (χ4v) is 1.73. The van der Waals surface area contributed by atoms with Gasteiger partial charge in [-0.2, -0.15) is 5.10 Å². The van der Waals surface area contributed by atoms with Crippen LogP contribution >= 0.6 is 0 Å². The minimum atomic E-state index is -0.368. The third kappa shape index (κ3) is 2.77. The number of esters is 1. The molecule has 94 valence electrons. The van der Waals surface area contributed by atoms with Crippen molar-refractivity contribution in [1.82, 2.24) is 9.78 Å². The molecule has 0 bridgehead atoms. The molecule has 0 saturated carbocycles. The molecule has 2 aromatic rings. The number of hydrogen-bond acceptors (Lipinski definition) is 3. The van der Waals surface area contributed by atoms with E-state index in [1.54, 1.807) is 13.0 Å². The number of nitrogens with zero attached hydrogens (tertiary/aromatic N) is 2. The third-order valence-corrected chi connectivity index (χ3v) is 2.64. The summed E-state index contributed by atoms with van der Waals surface area (Å²) in [6.45, 7) is 4.74. The summed E-state index contributed by atoms with van der Waals surface area (Å²) >= 11 is 0. The number of aryl methyl sites for hydroxylation is 1. The number of benzene rings is 1. The lowest BCUT2D eigenvalue weighted by molar-refractivity contribution is 0.0518. The fraction of sp³-hybridized carbons (Fsp3) is 0.286. The van der Waals surface area contributed by atoms with Crippen LogP contribution in [0.1, 0.15) is 28.7 Å². The first-order chi connectivity index (χ1) is 8.70. The summed E-state index contributed by atoms with van der Waals surface area (Å²) in [4.78, 5) is 11.6. The maximum Gasteiger partial charge on any atom is 0.358 e. The molecule has 4 nitrogen and oxygen atoms in total. The van der Waals surface area contributed by atoms with Crippen molar-refractivity contribution < 1.29 is 9.53 Å². The van der Waals surface area contributed by atoms with Crippen molar-refractivity contribution in [1.29, 1.82) is 0 Å². The van der Waals surface area contributed by atoms with Gasteiger partial charge in [0.1, 0.15) is 0 Å². The lowest BCUT2D eigenvalue weighted by atomic mass is 10.2. The van der Waals surface area contributed by atoms with E-state index in [2.05, 4.69) is 5.10 Å². The van der Waals surface area contributed by atoms with Crippen LogP contribution in [0.2, 0.25) is 0 Å². The van der Waals surface area contributed by atoms with Crippen LogP contribution in [0.3, 0.4) is 0 Å². The molecule has 18 heavy (non-hydrogen) atoms. The Kier molecular flexibility index (Phi) is 3.77. The molecule has 1 aromatic carbocycles. The van der Waals surface area contributed by atoms with Crippen LogP contribution in [0, 0.1) is 6.92 Å². The van der Waals surface area contributed by atoms with Crippen LogP contribution in [0.5, 0.6) is 0 Å². The summed E-state index contributed by atoms with van der Waals surface area (Å²) in [5.41, 5.74) is 2.46. The molecule has 0 unspecified atom stereocenters. The Hall–Kier alpha value is -2.10. The maximum absolute atomic E-state index is 11.6. The second-order valence-electron chi connectivity index (χ2n) is 4.03. The van der Waals surface area contributed by atoms with E-state index < -0.39 is 0 Å². The largest absolute Gasteiger partial charge is 0.461 e. The summed E-state index contributed by atoms with van der Waals surface area (Å²) in [7, 11) is 0. The zero-order valence-electron chi connectivity index (χ0n) is 10.6. The quantitative estimate of drug-likeness (QED) is 0.776. The summed E-state index contributed by atoms with van der Waals surface area (Å²) in [5, 5.41) is 4.27. The molecule has 4 heteroatoms. The van der Waals surface area contributed by atoms with Gasteiger partial charge < -0.3 is 4.74 Å². The van der Waals surface area contributed by atoms with Gasteiger partial charge in [-0.05, 0) is 25.5 Å². The normalized spacial score (nSPS) is 10.3. The van der Waals surface area contributed by atoms with E-state index in [-0.39, 0.29) is 5.97 Å². The van der Waals surface area contributed by atoms with E-state index in [4.69, 9.17) is 4.74 Å². The van der Waals surface area contributed by atoms with Gasteiger partial charge in [0.15, 0.2) is 5.69 Å². The predicted octanol–water partition coefficient (Wildman–Crippen LogP) is 2.42. The smallest absolute Gasteiger partial charge is 0.358 e. The van der Waals surface area contributed by atoms with Crippen molar-refractivity contribution in [2.75, 3.05) is 6.61 Å². The minimum Gasteiger partial charge on any atom is -0.461 e. The lowest BCUT2D eigenvalue weighted by Gasteiger charge is -2.03. The molecule has 0 aliphatic carbocycles. The van der Waals surface area contributed by atoms with Gasteiger partial charge in [0.25, 0.3) is 0 Å². The molecule has 0 fully saturated rings. The Morgan fingerprint density at radius 2 is 2.06 bits per heavy atom. The van der Waals surface area contributed by atoms with Crippen LogP contribution in [0.25, 0.3) is 0 Å².